The average Bonchev–Trinajstić information content (AvgIpc) is 2.77. The van der Waals surface area contributed by atoms with E-state index in [0.717, 1.165) is 6.42 Å². The highest BCUT2D eigenvalue weighted by atomic mass is 16.6. The third kappa shape index (κ3) is 1.27. The van der Waals surface area contributed by atoms with Gasteiger partial charge < -0.3 is 4.74 Å². The first-order valence-corrected chi connectivity index (χ1v) is 5.61. The molecule has 0 aromatic carbocycles. The molecular weight excluding hydrogens is 176 g/mol. The van der Waals surface area contributed by atoms with E-state index in [1.807, 2.05) is 0 Å². The smallest absolute Gasteiger partial charge is 0.309 e. The van der Waals surface area contributed by atoms with Gasteiger partial charge in [0, 0.05) is 5.41 Å². The van der Waals surface area contributed by atoms with Crippen molar-refractivity contribution < 1.29 is 9.53 Å². The molecule has 0 bridgehead atoms. The van der Waals surface area contributed by atoms with Crippen LogP contribution in [0.3, 0.4) is 0 Å². The maximum absolute atomic E-state index is 11.7. The summed E-state index contributed by atoms with van der Waals surface area (Å²) in [4.78, 5) is 11.7. The quantitative estimate of drug-likeness (QED) is 0.603. The van der Waals surface area contributed by atoms with Gasteiger partial charge in [-0.25, -0.2) is 0 Å². The number of hydrogen-bond acceptors (Lipinski definition) is 2. The van der Waals surface area contributed by atoms with Gasteiger partial charge in [-0.05, 0) is 39.0 Å². The second-order valence-corrected chi connectivity index (χ2v) is 5.77. The van der Waals surface area contributed by atoms with Crippen LogP contribution in [0.15, 0.2) is 0 Å². The molecule has 2 fully saturated rings. The van der Waals surface area contributed by atoms with Gasteiger partial charge in [0.15, 0.2) is 0 Å². The van der Waals surface area contributed by atoms with Gasteiger partial charge in [0.1, 0.15) is 5.60 Å². The third-order valence-corrected chi connectivity index (χ3v) is 4.20. The summed E-state index contributed by atoms with van der Waals surface area (Å²) in [6.07, 6.45) is 3.50. The summed E-state index contributed by atoms with van der Waals surface area (Å²) in [5.74, 6) is 0.559. The van der Waals surface area contributed by atoms with Crippen molar-refractivity contribution in [1.82, 2.24) is 0 Å². The summed E-state index contributed by atoms with van der Waals surface area (Å²) in [5.41, 5.74) is 0.0886. The number of esters is 1. The van der Waals surface area contributed by atoms with E-state index in [-0.39, 0.29) is 17.5 Å². The van der Waals surface area contributed by atoms with E-state index in [0.29, 0.717) is 11.3 Å². The van der Waals surface area contributed by atoms with Crippen molar-refractivity contribution in [3.8, 4) is 0 Å². The van der Waals surface area contributed by atoms with E-state index < -0.39 is 0 Å². The van der Waals surface area contributed by atoms with E-state index in [2.05, 4.69) is 27.7 Å². The summed E-state index contributed by atoms with van der Waals surface area (Å²) < 4.78 is 5.59. The second-order valence-electron chi connectivity index (χ2n) is 5.77. The molecule has 1 aliphatic carbocycles. The van der Waals surface area contributed by atoms with Gasteiger partial charge in [0.05, 0.1) is 5.92 Å². The van der Waals surface area contributed by atoms with Gasteiger partial charge in [-0.1, -0.05) is 13.8 Å². The summed E-state index contributed by atoms with van der Waals surface area (Å²) in [7, 11) is 0. The molecule has 1 unspecified atom stereocenters. The van der Waals surface area contributed by atoms with E-state index in [1.165, 1.54) is 12.8 Å². The zero-order valence-corrected chi connectivity index (χ0v) is 9.59. The Morgan fingerprint density at radius 3 is 2.36 bits per heavy atom. The SMILES string of the molecule is CC(C)C1CC2(CC2)C(C)(C)OC1=O. The van der Waals surface area contributed by atoms with Gasteiger partial charge in [0.25, 0.3) is 0 Å². The molecule has 14 heavy (non-hydrogen) atoms. The lowest BCUT2D eigenvalue weighted by Crippen LogP contribution is -2.48. The van der Waals surface area contributed by atoms with Crippen LogP contribution in [-0.4, -0.2) is 11.6 Å². The molecule has 1 saturated heterocycles. The fourth-order valence-corrected chi connectivity index (χ4v) is 2.65. The van der Waals surface area contributed by atoms with Crippen LogP contribution >= 0.6 is 0 Å². The van der Waals surface area contributed by atoms with Crippen molar-refractivity contribution in [2.24, 2.45) is 17.3 Å². The standard InChI is InChI=1S/C12H20O2/c1-8(2)9-7-12(5-6-12)11(3,4)14-10(9)13/h8-9H,5-7H2,1-4H3. The number of rotatable bonds is 1. The predicted octanol–water partition coefficient (Wildman–Crippen LogP) is 2.76. The Bertz CT molecular complexity index is 261. The minimum absolute atomic E-state index is 0.0162. The molecule has 0 aromatic heterocycles. The van der Waals surface area contributed by atoms with Crippen molar-refractivity contribution in [3.05, 3.63) is 0 Å². The molecule has 1 spiro atoms. The number of ether oxygens (including phenoxy) is 1. The third-order valence-electron chi connectivity index (χ3n) is 4.20. The van der Waals surface area contributed by atoms with Crippen LogP contribution in [-0.2, 0) is 9.53 Å². The lowest BCUT2D eigenvalue weighted by molar-refractivity contribution is -0.185. The summed E-state index contributed by atoms with van der Waals surface area (Å²) >= 11 is 0. The second kappa shape index (κ2) is 2.74. The number of carbonyl (C=O) groups excluding carboxylic acids is 1. The van der Waals surface area contributed by atoms with Crippen molar-refractivity contribution in [3.63, 3.8) is 0 Å². The van der Waals surface area contributed by atoms with Gasteiger partial charge in [-0.15, -0.1) is 0 Å². The molecular formula is C12H20O2. The largest absolute Gasteiger partial charge is 0.459 e. The Morgan fingerprint density at radius 1 is 1.36 bits per heavy atom. The molecule has 0 amide bonds. The molecule has 2 rings (SSSR count). The van der Waals surface area contributed by atoms with E-state index >= 15 is 0 Å². The summed E-state index contributed by atoms with van der Waals surface area (Å²) in [6.45, 7) is 8.35. The first kappa shape index (κ1) is 10.0. The van der Waals surface area contributed by atoms with Crippen molar-refractivity contribution >= 4 is 5.97 Å². The van der Waals surface area contributed by atoms with E-state index in [1.54, 1.807) is 0 Å². The topological polar surface area (TPSA) is 26.3 Å². The van der Waals surface area contributed by atoms with Crippen LogP contribution < -0.4 is 0 Å². The van der Waals surface area contributed by atoms with E-state index in [4.69, 9.17) is 4.74 Å². The van der Waals surface area contributed by atoms with Crippen LogP contribution in [0.25, 0.3) is 0 Å². The van der Waals surface area contributed by atoms with E-state index in [9.17, 15) is 4.79 Å². The molecule has 80 valence electrons. The molecule has 0 N–H and O–H groups in total. The normalized spacial score (nSPS) is 33.2. The number of carbonyl (C=O) groups is 1. The highest BCUT2D eigenvalue weighted by molar-refractivity contribution is 5.74. The monoisotopic (exact) mass is 196 g/mol. The Hall–Kier alpha value is -0.530. The van der Waals surface area contributed by atoms with Gasteiger partial charge in [0.2, 0.25) is 0 Å². The Labute approximate surface area is 86.0 Å². The fourth-order valence-electron chi connectivity index (χ4n) is 2.65. The Kier molecular flexibility index (Phi) is 1.96. The summed E-state index contributed by atoms with van der Waals surface area (Å²) in [6, 6.07) is 0. The van der Waals surface area contributed by atoms with Crippen molar-refractivity contribution in [1.29, 1.82) is 0 Å². The molecule has 2 heteroatoms. The zero-order valence-electron chi connectivity index (χ0n) is 9.59. The zero-order chi connectivity index (χ0) is 10.6. The Balaban J connectivity index is 2.20. The predicted molar refractivity (Wildman–Crippen MR) is 54.8 cm³/mol. The highest BCUT2D eigenvalue weighted by Gasteiger charge is 2.61. The number of cyclic esters (lactones) is 1. The summed E-state index contributed by atoms with van der Waals surface area (Å²) in [5, 5.41) is 0. The minimum Gasteiger partial charge on any atom is -0.459 e. The first-order chi connectivity index (χ1) is 6.38. The van der Waals surface area contributed by atoms with Crippen LogP contribution in [0.5, 0.6) is 0 Å². The van der Waals surface area contributed by atoms with Gasteiger partial charge in [-0.2, -0.15) is 0 Å². The molecule has 2 nitrogen and oxygen atoms in total. The average molecular weight is 196 g/mol. The molecule has 1 saturated carbocycles. The molecule has 1 aliphatic heterocycles. The lowest BCUT2D eigenvalue weighted by atomic mass is 9.74. The van der Waals surface area contributed by atoms with Crippen molar-refractivity contribution in [2.45, 2.75) is 52.6 Å². The lowest BCUT2D eigenvalue weighted by Gasteiger charge is -2.43. The Morgan fingerprint density at radius 2 is 1.93 bits per heavy atom. The molecule has 2 aliphatic rings. The first-order valence-electron chi connectivity index (χ1n) is 5.61. The maximum Gasteiger partial charge on any atom is 0.309 e. The van der Waals surface area contributed by atoms with Gasteiger partial charge in [-0.3, -0.25) is 4.79 Å². The molecule has 0 radical (unpaired) electrons. The number of hydrogen-bond donors (Lipinski definition) is 0. The van der Waals surface area contributed by atoms with Crippen LogP contribution in [0.2, 0.25) is 0 Å². The molecule has 1 heterocycles. The van der Waals surface area contributed by atoms with Gasteiger partial charge >= 0.3 is 5.97 Å². The fraction of sp³-hybridized carbons (Fsp3) is 0.917. The minimum atomic E-state index is -0.227. The van der Waals surface area contributed by atoms with Crippen LogP contribution in [0.4, 0.5) is 0 Å². The molecule has 0 aromatic rings. The maximum atomic E-state index is 11.7. The highest BCUT2D eigenvalue weighted by Crippen LogP contribution is 2.62. The molecule has 1 atom stereocenters. The van der Waals surface area contributed by atoms with Crippen LogP contribution in [0.1, 0.15) is 47.0 Å². The van der Waals surface area contributed by atoms with Crippen LogP contribution in [0, 0.1) is 17.3 Å². The van der Waals surface area contributed by atoms with Crippen molar-refractivity contribution in [2.75, 3.05) is 0 Å².